The van der Waals surface area contributed by atoms with E-state index < -0.39 is 12.0 Å². The number of hydrogen-bond donors (Lipinski definition) is 2. The second-order valence-electron chi connectivity index (χ2n) is 6.48. The van der Waals surface area contributed by atoms with Gasteiger partial charge in [0.1, 0.15) is 11.6 Å². The van der Waals surface area contributed by atoms with Crippen LogP contribution in [-0.2, 0) is 16.1 Å². The van der Waals surface area contributed by atoms with Crippen molar-refractivity contribution >= 4 is 23.8 Å². The van der Waals surface area contributed by atoms with Crippen LogP contribution in [0.3, 0.4) is 0 Å². The molecule has 0 spiro atoms. The highest BCUT2D eigenvalue weighted by Crippen LogP contribution is 2.31. The summed E-state index contributed by atoms with van der Waals surface area (Å²) in [5, 5.41) is 14.6. The predicted octanol–water partition coefficient (Wildman–Crippen LogP) is 2.58. The quantitative estimate of drug-likeness (QED) is 0.489. The van der Waals surface area contributed by atoms with Crippen molar-refractivity contribution in [2.45, 2.75) is 38.5 Å². The Kier molecular flexibility index (Phi) is 6.99. The van der Waals surface area contributed by atoms with Crippen LogP contribution < -0.4 is 15.4 Å². The second kappa shape index (κ2) is 9.66. The Morgan fingerprint density at radius 3 is 2.60 bits per heavy atom. The number of aryl methyl sites for hydroxylation is 1. The van der Waals surface area contributed by atoms with Crippen molar-refractivity contribution < 1.29 is 19.1 Å². The van der Waals surface area contributed by atoms with Crippen molar-refractivity contribution in [3.63, 3.8) is 0 Å². The molecule has 0 radical (unpaired) electrons. The molecule has 0 saturated carbocycles. The van der Waals surface area contributed by atoms with E-state index in [2.05, 4.69) is 20.8 Å². The summed E-state index contributed by atoms with van der Waals surface area (Å²) in [4.78, 5) is 25.2. The van der Waals surface area contributed by atoms with Crippen molar-refractivity contribution in [2.75, 3.05) is 19.5 Å². The number of amides is 2. The van der Waals surface area contributed by atoms with Crippen molar-refractivity contribution in [2.24, 2.45) is 0 Å². The van der Waals surface area contributed by atoms with Gasteiger partial charge in [-0.15, -0.1) is 10.2 Å². The minimum Gasteiger partial charge on any atom is -0.497 e. The van der Waals surface area contributed by atoms with Gasteiger partial charge in [0.15, 0.2) is 5.16 Å². The molecule has 1 aromatic carbocycles. The van der Waals surface area contributed by atoms with Gasteiger partial charge in [-0.1, -0.05) is 23.9 Å². The lowest BCUT2D eigenvalue weighted by molar-refractivity contribution is -0.139. The van der Waals surface area contributed by atoms with Crippen LogP contribution >= 0.6 is 11.8 Å². The third-order valence-electron chi connectivity index (χ3n) is 4.66. The molecule has 9 nitrogen and oxygen atoms in total. The van der Waals surface area contributed by atoms with Gasteiger partial charge >= 0.3 is 12.0 Å². The van der Waals surface area contributed by atoms with Crippen LogP contribution in [0.15, 0.2) is 40.7 Å². The third-order valence-corrected chi connectivity index (χ3v) is 5.66. The molecule has 0 saturated heterocycles. The van der Waals surface area contributed by atoms with Gasteiger partial charge in [0.25, 0.3) is 0 Å². The Balaban J connectivity index is 1.96. The largest absolute Gasteiger partial charge is 0.497 e. The Bertz CT molecular complexity index is 955. The molecule has 1 unspecified atom stereocenters. The smallest absolute Gasteiger partial charge is 0.338 e. The Labute approximate surface area is 179 Å². The highest BCUT2D eigenvalue weighted by molar-refractivity contribution is 7.99. The normalized spacial score (nSPS) is 16.1. The van der Waals surface area contributed by atoms with E-state index in [0.29, 0.717) is 22.8 Å². The average Bonchev–Trinajstić information content (AvgIpc) is 3.11. The average molecular weight is 432 g/mol. The number of methoxy groups -OCH3 is 1. The molecule has 1 aliphatic heterocycles. The summed E-state index contributed by atoms with van der Waals surface area (Å²) in [5.74, 6) is 1.36. The van der Waals surface area contributed by atoms with E-state index in [0.717, 1.165) is 23.1 Å². The lowest BCUT2D eigenvalue weighted by atomic mass is 9.95. The Hall–Kier alpha value is -3.01. The van der Waals surface area contributed by atoms with Crippen LogP contribution in [-0.4, -0.2) is 46.2 Å². The zero-order valence-corrected chi connectivity index (χ0v) is 18.2. The number of nitrogens with zero attached hydrogens (tertiary/aromatic N) is 3. The number of carbonyl (C=O) groups is 2. The maximum atomic E-state index is 12.8. The molecule has 2 amide bonds. The number of esters is 1. The lowest BCUT2D eigenvalue weighted by Crippen LogP contribution is -2.46. The first-order chi connectivity index (χ1) is 14.5. The van der Waals surface area contributed by atoms with E-state index in [1.54, 1.807) is 26.2 Å². The number of hydrogen-bond acceptors (Lipinski definition) is 7. The maximum Gasteiger partial charge on any atom is 0.338 e. The first-order valence-corrected chi connectivity index (χ1v) is 10.6. The van der Waals surface area contributed by atoms with Crippen LogP contribution in [0, 0.1) is 6.92 Å². The van der Waals surface area contributed by atoms with Gasteiger partial charge in [-0.3, -0.25) is 0 Å². The van der Waals surface area contributed by atoms with Crippen LogP contribution in [0.5, 0.6) is 5.75 Å². The summed E-state index contributed by atoms with van der Waals surface area (Å²) in [6.45, 7) is 6.60. The number of urea groups is 1. The summed E-state index contributed by atoms with van der Waals surface area (Å²) in [7, 11) is 1.58. The number of nitrogens with one attached hydrogen (secondary N) is 2. The topological polar surface area (TPSA) is 107 Å². The zero-order chi connectivity index (χ0) is 21.7. The first-order valence-electron chi connectivity index (χ1n) is 9.62. The van der Waals surface area contributed by atoms with E-state index in [-0.39, 0.29) is 12.6 Å². The van der Waals surface area contributed by atoms with E-state index in [1.807, 2.05) is 30.5 Å². The van der Waals surface area contributed by atoms with Crippen LogP contribution in [0.2, 0.25) is 0 Å². The van der Waals surface area contributed by atoms with Gasteiger partial charge < -0.3 is 24.7 Å². The second-order valence-corrected chi connectivity index (χ2v) is 7.42. The molecule has 2 heterocycles. The van der Waals surface area contributed by atoms with Gasteiger partial charge in [-0.25, -0.2) is 9.59 Å². The van der Waals surface area contributed by atoms with Crippen molar-refractivity contribution in [3.05, 3.63) is 46.9 Å². The molecular formula is C20H25N5O4S. The fraction of sp³-hybridized carbons (Fsp3) is 0.400. The fourth-order valence-corrected chi connectivity index (χ4v) is 4.21. The summed E-state index contributed by atoms with van der Waals surface area (Å²) in [6, 6.07) is 6.19. The predicted molar refractivity (Wildman–Crippen MR) is 112 cm³/mol. The first kappa shape index (κ1) is 21.7. The number of benzene rings is 1. The molecule has 3 rings (SSSR count). The Morgan fingerprint density at radius 2 is 1.97 bits per heavy atom. The van der Waals surface area contributed by atoms with Gasteiger partial charge in [0.05, 0.1) is 25.3 Å². The number of aromatic nitrogens is 3. The zero-order valence-electron chi connectivity index (χ0n) is 17.4. The molecule has 30 heavy (non-hydrogen) atoms. The minimum absolute atomic E-state index is 0.232. The summed E-state index contributed by atoms with van der Waals surface area (Å²) < 4.78 is 12.5. The number of rotatable bonds is 8. The summed E-state index contributed by atoms with van der Waals surface area (Å²) in [5.41, 5.74) is 1.61. The SMILES string of the molecule is CCOC(=O)C1=C(CSc2nnc(C)n2CC)NC(=O)NC1c1ccc(OC)cc1. The molecule has 10 heteroatoms. The lowest BCUT2D eigenvalue weighted by Gasteiger charge is -2.29. The molecular weight excluding hydrogens is 406 g/mol. The molecule has 160 valence electrons. The fourth-order valence-electron chi connectivity index (χ4n) is 3.20. The molecule has 2 aromatic rings. The van der Waals surface area contributed by atoms with Crippen molar-refractivity contribution in [1.29, 1.82) is 0 Å². The van der Waals surface area contributed by atoms with Crippen LogP contribution in [0.25, 0.3) is 0 Å². The molecule has 2 N–H and O–H groups in total. The highest BCUT2D eigenvalue weighted by atomic mass is 32.2. The monoisotopic (exact) mass is 431 g/mol. The van der Waals surface area contributed by atoms with E-state index in [1.165, 1.54) is 11.8 Å². The maximum absolute atomic E-state index is 12.8. The summed E-state index contributed by atoms with van der Waals surface area (Å²) >= 11 is 1.40. The number of carbonyl (C=O) groups excluding carboxylic acids is 2. The molecule has 1 aliphatic rings. The van der Waals surface area contributed by atoms with Crippen molar-refractivity contribution in [3.8, 4) is 5.75 Å². The van der Waals surface area contributed by atoms with Crippen LogP contribution in [0.4, 0.5) is 4.79 Å². The van der Waals surface area contributed by atoms with Crippen molar-refractivity contribution in [1.82, 2.24) is 25.4 Å². The number of thioether (sulfide) groups is 1. The molecule has 1 atom stereocenters. The van der Waals surface area contributed by atoms with Crippen LogP contribution in [0.1, 0.15) is 31.3 Å². The number of ether oxygens (including phenoxy) is 2. The molecule has 0 fully saturated rings. The highest BCUT2D eigenvalue weighted by Gasteiger charge is 2.34. The van der Waals surface area contributed by atoms with E-state index >= 15 is 0 Å². The van der Waals surface area contributed by atoms with E-state index in [4.69, 9.17) is 9.47 Å². The molecule has 1 aromatic heterocycles. The standard InChI is InChI=1S/C20H25N5O4S/c1-5-25-12(3)23-24-20(25)30-11-15-16(18(26)29-6-2)17(22-19(27)21-15)13-7-9-14(28-4)10-8-13/h7-10,17H,5-6,11H2,1-4H3,(H2,21,22,27). The van der Waals surface area contributed by atoms with Gasteiger partial charge in [-0.2, -0.15) is 0 Å². The van der Waals surface area contributed by atoms with Gasteiger partial charge in [-0.05, 0) is 38.5 Å². The van der Waals surface area contributed by atoms with Gasteiger partial charge in [0, 0.05) is 18.0 Å². The third kappa shape index (κ3) is 4.59. The Morgan fingerprint density at radius 1 is 1.23 bits per heavy atom. The minimum atomic E-state index is -0.634. The summed E-state index contributed by atoms with van der Waals surface area (Å²) in [6.07, 6.45) is 0. The molecule has 0 aliphatic carbocycles. The van der Waals surface area contributed by atoms with E-state index in [9.17, 15) is 9.59 Å². The molecule has 0 bridgehead atoms. The van der Waals surface area contributed by atoms with Gasteiger partial charge in [0.2, 0.25) is 0 Å².